The number of rotatable bonds is 4. The molecule has 5 nitrogen and oxygen atoms in total. The lowest BCUT2D eigenvalue weighted by atomic mass is 10.3. The van der Waals surface area contributed by atoms with Crippen molar-refractivity contribution in [1.29, 1.82) is 0 Å². The zero-order chi connectivity index (χ0) is 12.1. The molecule has 0 aliphatic heterocycles. The van der Waals surface area contributed by atoms with Gasteiger partial charge in [0.15, 0.2) is 0 Å². The van der Waals surface area contributed by atoms with E-state index in [1.807, 2.05) is 37.5 Å². The van der Waals surface area contributed by atoms with Gasteiger partial charge in [-0.3, -0.25) is 19.9 Å². The third kappa shape index (κ3) is 2.84. The minimum Gasteiger partial charge on any atom is -0.351 e. The van der Waals surface area contributed by atoms with E-state index in [0.29, 0.717) is 12.2 Å². The predicted octanol–water partition coefficient (Wildman–Crippen LogP) is 1.51. The van der Waals surface area contributed by atoms with E-state index in [0.717, 1.165) is 5.69 Å². The van der Waals surface area contributed by atoms with Crippen LogP contribution in [0.15, 0.2) is 42.9 Å². The van der Waals surface area contributed by atoms with Crippen LogP contribution in [-0.4, -0.2) is 22.1 Å². The highest BCUT2D eigenvalue weighted by atomic mass is 16.1. The summed E-state index contributed by atoms with van der Waals surface area (Å²) < 4.78 is 1.80. The Morgan fingerprint density at radius 2 is 2.18 bits per heavy atom. The van der Waals surface area contributed by atoms with Crippen LogP contribution in [0.3, 0.4) is 0 Å². The highest BCUT2D eigenvalue weighted by Crippen LogP contribution is 2.08. The quantitative estimate of drug-likeness (QED) is 0.837. The molecule has 2 N–H and O–H groups in total. The van der Waals surface area contributed by atoms with Gasteiger partial charge in [-0.05, 0) is 31.2 Å². The standard InChI is InChI=1S/C12H14N4O/c1-2-13-12(17)11-9-10(5-6-14-11)15-16-7-3-4-8-16/h3-9H,2H2,1H3,(H,13,17)(H,14,15). The molecule has 0 aliphatic rings. The summed E-state index contributed by atoms with van der Waals surface area (Å²) in [5.74, 6) is -0.163. The van der Waals surface area contributed by atoms with E-state index in [-0.39, 0.29) is 5.91 Å². The Morgan fingerprint density at radius 3 is 2.88 bits per heavy atom. The first-order chi connectivity index (χ1) is 8.29. The zero-order valence-electron chi connectivity index (χ0n) is 9.55. The first-order valence-electron chi connectivity index (χ1n) is 5.44. The fraction of sp³-hybridized carbons (Fsp3) is 0.167. The molecule has 0 unspecified atom stereocenters. The molecule has 0 atom stereocenters. The topological polar surface area (TPSA) is 59.0 Å². The lowest BCUT2D eigenvalue weighted by molar-refractivity contribution is 0.0951. The van der Waals surface area contributed by atoms with E-state index in [1.165, 1.54) is 0 Å². The third-order valence-corrected chi connectivity index (χ3v) is 2.19. The van der Waals surface area contributed by atoms with Crippen LogP contribution in [0.5, 0.6) is 0 Å². The summed E-state index contributed by atoms with van der Waals surface area (Å²) in [5, 5.41) is 2.71. The molecular formula is C12H14N4O. The van der Waals surface area contributed by atoms with Gasteiger partial charge in [-0.1, -0.05) is 0 Å². The van der Waals surface area contributed by atoms with Crippen molar-refractivity contribution in [3.8, 4) is 0 Å². The normalized spacial score (nSPS) is 9.94. The van der Waals surface area contributed by atoms with Crippen molar-refractivity contribution in [2.45, 2.75) is 6.92 Å². The molecule has 0 saturated heterocycles. The Labute approximate surface area is 99.5 Å². The number of pyridine rings is 1. The van der Waals surface area contributed by atoms with Crippen LogP contribution in [0.2, 0.25) is 0 Å². The molecule has 2 aromatic rings. The molecule has 2 aromatic heterocycles. The van der Waals surface area contributed by atoms with Crippen molar-refractivity contribution < 1.29 is 4.79 Å². The van der Waals surface area contributed by atoms with E-state index in [4.69, 9.17) is 0 Å². The summed E-state index contributed by atoms with van der Waals surface area (Å²) in [7, 11) is 0. The maximum Gasteiger partial charge on any atom is 0.269 e. The summed E-state index contributed by atoms with van der Waals surface area (Å²) in [6.45, 7) is 2.47. The van der Waals surface area contributed by atoms with E-state index < -0.39 is 0 Å². The van der Waals surface area contributed by atoms with Crippen LogP contribution < -0.4 is 10.7 Å². The monoisotopic (exact) mass is 230 g/mol. The number of carbonyl (C=O) groups is 1. The number of hydrogen-bond donors (Lipinski definition) is 2. The average molecular weight is 230 g/mol. The fourth-order valence-electron chi connectivity index (χ4n) is 1.43. The molecule has 0 fully saturated rings. The maximum atomic E-state index is 11.6. The number of amides is 1. The van der Waals surface area contributed by atoms with Gasteiger partial charge in [0.05, 0.1) is 5.69 Å². The lowest BCUT2D eigenvalue weighted by Crippen LogP contribution is -2.23. The highest BCUT2D eigenvalue weighted by Gasteiger charge is 2.06. The van der Waals surface area contributed by atoms with Gasteiger partial charge < -0.3 is 5.32 Å². The maximum absolute atomic E-state index is 11.6. The first kappa shape index (κ1) is 11.2. The minimum atomic E-state index is -0.163. The number of nitrogens with one attached hydrogen (secondary N) is 2. The molecule has 5 heteroatoms. The van der Waals surface area contributed by atoms with Gasteiger partial charge in [0.2, 0.25) is 0 Å². The Kier molecular flexibility index (Phi) is 3.40. The molecule has 2 rings (SSSR count). The van der Waals surface area contributed by atoms with Gasteiger partial charge in [-0.25, -0.2) is 0 Å². The summed E-state index contributed by atoms with van der Waals surface area (Å²) in [4.78, 5) is 15.6. The van der Waals surface area contributed by atoms with Gasteiger partial charge in [0, 0.05) is 25.1 Å². The zero-order valence-corrected chi connectivity index (χ0v) is 9.55. The van der Waals surface area contributed by atoms with Crippen LogP contribution in [0.25, 0.3) is 0 Å². The van der Waals surface area contributed by atoms with Crippen LogP contribution in [-0.2, 0) is 0 Å². The van der Waals surface area contributed by atoms with E-state index >= 15 is 0 Å². The Morgan fingerprint density at radius 1 is 1.41 bits per heavy atom. The second-order valence-electron chi connectivity index (χ2n) is 3.49. The number of anilines is 1. The van der Waals surface area contributed by atoms with Gasteiger partial charge in [-0.2, -0.15) is 0 Å². The fourth-order valence-corrected chi connectivity index (χ4v) is 1.43. The molecule has 0 bridgehead atoms. The van der Waals surface area contributed by atoms with Crippen molar-refractivity contribution in [2.24, 2.45) is 0 Å². The molecule has 2 heterocycles. The number of nitrogens with zero attached hydrogens (tertiary/aromatic N) is 2. The summed E-state index contributed by atoms with van der Waals surface area (Å²) in [6.07, 6.45) is 5.37. The SMILES string of the molecule is CCNC(=O)c1cc(Nn2cccc2)ccn1. The van der Waals surface area contributed by atoms with Crippen LogP contribution >= 0.6 is 0 Å². The minimum absolute atomic E-state index is 0.163. The Hall–Kier alpha value is -2.30. The van der Waals surface area contributed by atoms with E-state index in [1.54, 1.807) is 16.9 Å². The Balaban J connectivity index is 2.14. The van der Waals surface area contributed by atoms with Crippen molar-refractivity contribution >= 4 is 11.6 Å². The second-order valence-corrected chi connectivity index (χ2v) is 3.49. The number of carbonyl (C=O) groups excluding carboxylic acids is 1. The molecule has 0 saturated carbocycles. The molecule has 0 aromatic carbocycles. The molecule has 88 valence electrons. The summed E-state index contributed by atoms with van der Waals surface area (Å²) in [5.41, 5.74) is 4.34. The molecule has 1 amide bonds. The van der Waals surface area contributed by atoms with Crippen molar-refractivity contribution in [2.75, 3.05) is 12.0 Å². The van der Waals surface area contributed by atoms with E-state index in [9.17, 15) is 4.79 Å². The molecular weight excluding hydrogens is 216 g/mol. The smallest absolute Gasteiger partial charge is 0.269 e. The number of hydrogen-bond acceptors (Lipinski definition) is 3. The van der Waals surface area contributed by atoms with E-state index in [2.05, 4.69) is 15.7 Å². The highest BCUT2D eigenvalue weighted by molar-refractivity contribution is 5.93. The largest absolute Gasteiger partial charge is 0.351 e. The average Bonchev–Trinajstić information content (AvgIpc) is 2.82. The molecule has 0 aliphatic carbocycles. The van der Waals surface area contributed by atoms with Gasteiger partial charge >= 0.3 is 0 Å². The molecule has 0 spiro atoms. The third-order valence-electron chi connectivity index (χ3n) is 2.19. The van der Waals surface area contributed by atoms with Crippen molar-refractivity contribution in [1.82, 2.24) is 15.0 Å². The molecule has 17 heavy (non-hydrogen) atoms. The van der Waals surface area contributed by atoms with Crippen LogP contribution in [0.1, 0.15) is 17.4 Å². The summed E-state index contributed by atoms with van der Waals surface area (Å²) in [6, 6.07) is 7.35. The van der Waals surface area contributed by atoms with Crippen LogP contribution in [0.4, 0.5) is 5.69 Å². The lowest BCUT2D eigenvalue weighted by Gasteiger charge is -2.08. The summed E-state index contributed by atoms with van der Waals surface area (Å²) >= 11 is 0. The molecule has 0 radical (unpaired) electrons. The second kappa shape index (κ2) is 5.16. The van der Waals surface area contributed by atoms with Crippen molar-refractivity contribution in [3.63, 3.8) is 0 Å². The van der Waals surface area contributed by atoms with Gasteiger partial charge in [0.1, 0.15) is 5.69 Å². The predicted molar refractivity (Wildman–Crippen MR) is 65.7 cm³/mol. The number of aromatic nitrogens is 2. The van der Waals surface area contributed by atoms with Crippen molar-refractivity contribution in [3.05, 3.63) is 48.5 Å². The van der Waals surface area contributed by atoms with Gasteiger partial charge in [-0.15, -0.1) is 0 Å². The Bertz CT molecular complexity index is 493. The van der Waals surface area contributed by atoms with Gasteiger partial charge in [0.25, 0.3) is 5.91 Å². The first-order valence-corrected chi connectivity index (χ1v) is 5.44. The van der Waals surface area contributed by atoms with Crippen LogP contribution in [0, 0.1) is 0 Å².